The minimum atomic E-state index is -0.451. The standard InChI is InChI=1S/C13H13N3O4S/c17-16(18)10-4-1-3-9(7-10)12-14-15-13(20-12)21-8-11-5-2-6-19-11/h1,3-4,7,11H,2,5-6,8H2. The Morgan fingerprint density at radius 3 is 3.10 bits per heavy atom. The Morgan fingerprint density at radius 2 is 2.33 bits per heavy atom. The first-order valence-electron chi connectivity index (χ1n) is 6.55. The predicted octanol–water partition coefficient (Wildman–Crippen LogP) is 2.92. The van der Waals surface area contributed by atoms with Crippen LogP contribution in [0, 0.1) is 10.1 Å². The van der Waals surface area contributed by atoms with Gasteiger partial charge in [0.1, 0.15) is 0 Å². The van der Waals surface area contributed by atoms with Crippen LogP contribution in [-0.4, -0.2) is 33.6 Å². The van der Waals surface area contributed by atoms with Crippen LogP contribution in [0.4, 0.5) is 5.69 Å². The van der Waals surface area contributed by atoms with E-state index >= 15 is 0 Å². The normalized spacial score (nSPS) is 18.0. The topological polar surface area (TPSA) is 91.3 Å². The first kappa shape index (κ1) is 14.0. The van der Waals surface area contributed by atoms with Gasteiger partial charge in [0.25, 0.3) is 10.9 Å². The van der Waals surface area contributed by atoms with Gasteiger partial charge in [0, 0.05) is 30.1 Å². The Bertz CT molecular complexity index is 640. The lowest BCUT2D eigenvalue weighted by Gasteiger charge is -2.05. The molecule has 0 bridgehead atoms. The summed E-state index contributed by atoms with van der Waals surface area (Å²) in [6, 6.07) is 6.14. The molecule has 8 heteroatoms. The minimum Gasteiger partial charge on any atom is -0.411 e. The highest BCUT2D eigenvalue weighted by atomic mass is 32.2. The first-order valence-corrected chi connectivity index (χ1v) is 7.53. The SMILES string of the molecule is O=[N+]([O-])c1cccc(-c2nnc(SCC3CCCO3)o2)c1. The van der Waals surface area contributed by atoms with Crippen molar-refractivity contribution in [3.05, 3.63) is 34.4 Å². The number of thioether (sulfide) groups is 1. The van der Waals surface area contributed by atoms with Crippen molar-refractivity contribution in [2.45, 2.75) is 24.2 Å². The highest BCUT2D eigenvalue weighted by Crippen LogP contribution is 2.27. The summed E-state index contributed by atoms with van der Waals surface area (Å²) in [5.74, 6) is 1.06. The number of nitro benzene ring substituents is 1. The number of hydrogen-bond donors (Lipinski definition) is 0. The average Bonchev–Trinajstić information content (AvgIpc) is 3.17. The van der Waals surface area contributed by atoms with E-state index in [9.17, 15) is 10.1 Å². The lowest BCUT2D eigenvalue weighted by atomic mass is 10.2. The lowest BCUT2D eigenvalue weighted by molar-refractivity contribution is -0.384. The van der Waals surface area contributed by atoms with Gasteiger partial charge in [0.05, 0.1) is 11.0 Å². The van der Waals surface area contributed by atoms with Crippen LogP contribution in [0.25, 0.3) is 11.5 Å². The Kier molecular flexibility index (Phi) is 4.16. The van der Waals surface area contributed by atoms with Gasteiger partial charge in [0.15, 0.2) is 0 Å². The fourth-order valence-electron chi connectivity index (χ4n) is 2.08. The number of nitro groups is 1. The van der Waals surface area contributed by atoms with Crippen LogP contribution in [0.1, 0.15) is 12.8 Å². The van der Waals surface area contributed by atoms with Gasteiger partial charge in [-0.15, -0.1) is 10.2 Å². The van der Waals surface area contributed by atoms with E-state index in [1.807, 2.05) is 0 Å². The number of nitrogens with zero attached hydrogens (tertiary/aromatic N) is 3. The van der Waals surface area contributed by atoms with E-state index < -0.39 is 4.92 Å². The van der Waals surface area contributed by atoms with Gasteiger partial charge in [-0.3, -0.25) is 10.1 Å². The second-order valence-electron chi connectivity index (χ2n) is 4.63. The van der Waals surface area contributed by atoms with Crippen molar-refractivity contribution in [1.29, 1.82) is 0 Å². The third-order valence-electron chi connectivity index (χ3n) is 3.13. The zero-order valence-electron chi connectivity index (χ0n) is 11.1. The van der Waals surface area contributed by atoms with Crippen LogP contribution < -0.4 is 0 Å². The van der Waals surface area contributed by atoms with Gasteiger partial charge >= 0.3 is 0 Å². The molecule has 2 aromatic rings. The summed E-state index contributed by atoms with van der Waals surface area (Å²) < 4.78 is 11.0. The Morgan fingerprint density at radius 1 is 1.43 bits per heavy atom. The average molecular weight is 307 g/mol. The Hall–Kier alpha value is -1.93. The van der Waals surface area contributed by atoms with Gasteiger partial charge in [-0.05, 0) is 18.9 Å². The van der Waals surface area contributed by atoms with Crippen molar-refractivity contribution in [3.63, 3.8) is 0 Å². The molecular weight excluding hydrogens is 294 g/mol. The van der Waals surface area contributed by atoms with Crippen LogP contribution in [0.15, 0.2) is 33.9 Å². The number of aromatic nitrogens is 2. The minimum absolute atomic E-state index is 0.000686. The third-order valence-corrected chi connectivity index (χ3v) is 4.08. The molecule has 0 saturated carbocycles. The largest absolute Gasteiger partial charge is 0.411 e. The molecular formula is C13H13N3O4S. The van der Waals surface area contributed by atoms with Crippen molar-refractivity contribution < 1.29 is 14.1 Å². The molecule has 1 aliphatic rings. The van der Waals surface area contributed by atoms with Crippen molar-refractivity contribution in [2.24, 2.45) is 0 Å². The van der Waals surface area contributed by atoms with Crippen molar-refractivity contribution in [2.75, 3.05) is 12.4 Å². The van der Waals surface area contributed by atoms with E-state index in [0.29, 0.717) is 10.8 Å². The van der Waals surface area contributed by atoms with Crippen molar-refractivity contribution in [1.82, 2.24) is 10.2 Å². The van der Waals surface area contributed by atoms with Gasteiger partial charge < -0.3 is 9.15 Å². The summed E-state index contributed by atoms with van der Waals surface area (Å²) in [5, 5.41) is 19.1. The molecule has 1 aromatic carbocycles. The van der Waals surface area contributed by atoms with E-state index in [4.69, 9.17) is 9.15 Å². The van der Waals surface area contributed by atoms with E-state index in [0.717, 1.165) is 25.2 Å². The number of benzene rings is 1. The van der Waals surface area contributed by atoms with Gasteiger partial charge in [0.2, 0.25) is 5.89 Å². The van der Waals surface area contributed by atoms with Crippen LogP contribution in [0.2, 0.25) is 0 Å². The number of non-ortho nitro benzene ring substituents is 1. The van der Waals surface area contributed by atoms with Gasteiger partial charge in [-0.2, -0.15) is 0 Å². The van der Waals surface area contributed by atoms with E-state index in [-0.39, 0.29) is 17.7 Å². The molecule has 1 aliphatic heterocycles. The second-order valence-corrected chi connectivity index (χ2v) is 5.60. The first-order chi connectivity index (χ1) is 10.2. The lowest BCUT2D eigenvalue weighted by Crippen LogP contribution is -2.07. The third kappa shape index (κ3) is 3.40. The summed E-state index contributed by atoms with van der Waals surface area (Å²) in [5.41, 5.74) is 0.542. The maximum absolute atomic E-state index is 10.8. The highest BCUT2D eigenvalue weighted by Gasteiger charge is 2.18. The quantitative estimate of drug-likeness (QED) is 0.476. The molecule has 0 aliphatic carbocycles. The maximum Gasteiger partial charge on any atom is 0.276 e. The summed E-state index contributed by atoms with van der Waals surface area (Å²) in [7, 11) is 0. The molecule has 0 spiro atoms. The monoisotopic (exact) mass is 307 g/mol. The molecule has 21 heavy (non-hydrogen) atoms. The second kappa shape index (κ2) is 6.23. The van der Waals surface area contributed by atoms with Crippen LogP contribution in [0.3, 0.4) is 0 Å². The maximum atomic E-state index is 10.8. The molecule has 7 nitrogen and oxygen atoms in total. The van der Waals surface area contributed by atoms with Crippen molar-refractivity contribution in [3.8, 4) is 11.5 Å². The fraction of sp³-hybridized carbons (Fsp3) is 0.385. The molecule has 2 heterocycles. The smallest absolute Gasteiger partial charge is 0.276 e. The summed E-state index contributed by atoms with van der Waals surface area (Å²) >= 11 is 1.44. The molecule has 110 valence electrons. The molecule has 1 unspecified atom stereocenters. The zero-order chi connectivity index (χ0) is 14.7. The van der Waals surface area contributed by atoms with Gasteiger partial charge in [-0.25, -0.2) is 0 Å². The van der Waals surface area contributed by atoms with Crippen molar-refractivity contribution >= 4 is 17.4 Å². The molecule has 3 rings (SSSR count). The van der Waals surface area contributed by atoms with E-state index in [1.165, 1.54) is 23.9 Å². The van der Waals surface area contributed by atoms with Crippen LogP contribution >= 0.6 is 11.8 Å². The zero-order valence-corrected chi connectivity index (χ0v) is 11.9. The molecule has 1 fully saturated rings. The number of rotatable bonds is 5. The van der Waals surface area contributed by atoms with E-state index in [2.05, 4.69) is 10.2 Å². The molecule has 0 N–H and O–H groups in total. The predicted molar refractivity (Wildman–Crippen MR) is 76.1 cm³/mol. The summed E-state index contributed by atoms with van der Waals surface area (Å²) in [6.07, 6.45) is 2.38. The Balaban J connectivity index is 1.69. The van der Waals surface area contributed by atoms with Crippen LogP contribution in [0.5, 0.6) is 0 Å². The summed E-state index contributed by atoms with van der Waals surface area (Å²) in [4.78, 5) is 10.3. The highest BCUT2D eigenvalue weighted by molar-refractivity contribution is 7.99. The number of ether oxygens (including phenoxy) is 1. The van der Waals surface area contributed by atoms with Gasteiger partial charge in [-0.1, -0.05) is 17.8 Å². The van der Waals surface area contributed by atoms with Crippen LogP contribution in [-0.2, 0) is 4.74 Å². The molecule has 1 aromatic heterocycles. The molecule has 1 saturated heterocycles. The number of hydrogen-bond acceptors (Lipinski definition) is 7. The Labute approximate surface area is 124 Å². The fourth-order valence-corrected chi connectivity index (χ4v) is 2.91. The molecule has 1 atom stereocenters. The summed E-state index contributed by atoms with van der Waals surface area (Å²) in [6.45, 7) is 0.813. The van der Waals surface area contributed by atoms with E-state index in [1.54, 1.807) is 12.1 Å². The molecule has 0 radical (unpaired) electrons. The molecule has 0 amide bonds.